The van der Waals surface area contributed by atoms with Crippen molar-refractivity contribution in [2.24, 2.45) is 0 Å². The van der Waals surface area contributed by atoms with Crippen molar-refractivity contribution in [3.63, 3.8) is 0 Å². The molecule has 0 aliphatic heterocycles. The molecular formula is C14H13ClFNS. The lowest BCUT2D eigenvalue weighted by atomic mass is 10.2. The van der Waals surface area contributed by atoms with Crippen LogP contribution in [0.15, 0.2) is 52.3 Å². The Kier molecular flexibility index (Phi) is 4.64. The predicted molar refractivity (Wildman–Crippen MR) is 74.7 cm³/mol. The molecule has 2 aromatic carbocycles. The van der Waals surface area contributed by atoms with Gasteiger partial charge < -0.3 is 5.32 Å². The van der Waals surface area contributed by atoms with Gasteiger partial charge in [0.2, 0.25) is 0 Å². The van der Waals surface area contributed by atoms with E-state index in [-0.39, 0.29) is 5.82 Å². The van der Waals surface area contributed by atoms with Crippen LogP contribution >= 0.6 is 23.4 Å². The Labute approximate surface area is 115 Å². The van der Waals surface area contributed by atoms with Crippen molar-refractivity contribution in [2.75, 3.05) is 7.05 Å². The molecule has 2 aromatic rings. The van der Waals surface area contributed by atoms with Crippen molar-refractivity contribution < 1.29 is 4.39 Å². The predicted octanol–water partition coefficient (Wildman–Crippen LogP) is 4.35. The number of halogens is 2. The fraction of sp³-hybridized carbons (Fsp3) is 0.143. The molecule has 1 N–H and O–H groups in total. The monoisotopic (exact) mass is 281 g/mol. The van der Waals surface area contributed by atoms with Gasteiger partial charge in [-0.2, -0.15) is 0 Å². The van der Waals surface area contributed by atoms with Crippen LogP contribution in [0.4, 0.5) is 4.39 Å². The van der Waals surface area contributed by atoms with Crippen LogP contribution in [0.5, 0.6) is 0 Å². The molecule has 0 unspecified atom stereocenters. The van der Waals surface area contributed by atoms with Crippen LogP contribution < -0.4 is 5.32 Å². The first kappa shape index (κ1) is 13.4. The lowest BCUT2D eigenvalue weighted by Gasteiger charge is -2.06. The molecule has 0 saturated heterocycles. The molecular weight excluding hydrogens is 269 g/mol. The lowest BCUT2D eigenvalue weighted by molar-refractivity contribution is 0.598. The Morgan fingerprint density at radius 1 is 1.22 bits per heavy atom. The van der Waals surface area contributed by atoms with E-state index in [2.05, 4.69) is 5.32 Å². The third-order valence-electron chi connectivity index (χ3n) is 2.40. The van der Waals surface area contributed by atoms with Gasteiger partial charge >= 0.3 is 0 Å². The van der Waals surface area contributed by atoms with Crippen LogP contribution in [0.3, 0.4) is 0 Å². The molecule has 18 heavy (non-hydrogen) atoms. The van der Waals surface area contributed by atoms with Crippen molar-refractivity contribution in [1.29, 1.82) is 0 Å². The van der Waals surface area contributed by atoms with Crippen LogP contribution in [0.25, 0.3) is 0 Å². The van der Waals surface area contributed by atoms with E-state index < -0.39 is 0 Å². The number of benzene rings is 2. The summed E-state index contributed by atoms with van der Waals surface area (Å²) >= 11 is 7.28. The van der Waals surface area contributed by atoms with Crippen molar-refractivity contribution in [3.05, 3.63) is 58.9 Å². The fourth-order valence-corrected chi connectivity index (χ4v) is 2.73. The summed E-state index contributed by atoms with van der Waals surface area (Å²) in [5.74, 6) is -0.201. The van der Waals surface area contributed by atoms with E-state index in [9.17, 15) is 4.39 Å². The van der Waals surface area contributed by atoms with Gasteiger partial charge in [-0.05, 0) is 42.9 Å². The smallest absolute Gasteiger partial charge is 0.137 e. The molecule has 0 saturated carbocycles. The van der Waals surface area contributed by atoms with Crippen LogP contribution in [-0.4, -0.2) is 7.05 Å². The Hall–Kier alpha value is -1.03. The summed E-state index contributed by atoms with van der Waals surface area (Å²) in [5, 5.41) is 3.66. The topological polar surface area (TPSA) is 12.0 Å². The Bertz CT molecular complexity index is 545. The zero-order valence-corrected chi connectivity index (χ0v) is 11.5. The first-order valence-electron chi connectivity index (χ1n) is 5.55. The molecule has 0 aromatic heterocycles. The number of nitrogens with one attached hydrogen (secondary N) is 1. The molecule has 0 atom stereocenters. The zero-order chi connectivity index (χ0) is 13.0. The lowest BCUT2D eigenvalue weighted by Crippen LogP contribution is -2.05. The maximum absolute atomic E-state index is 13.9. The molecule has 0 fully saturated rings. The summed E-state index contributed by atoms with van der Waals surface area (Å²) in [6.07, 6.45) is 0. The van der Waals surface area contributed by atoms with Gasteiger partial charge in [0.25, 0.3) is 0 Å². The van der Waals surface area contributed by atoms with E-state index >= 15 is 0 Å². The minimum absolute atomic E-state index is 0.201. The van der Waals surface area contributed by atoms with Crippen LogP contribution in [0, 0.1) is 5.82 Å². The summed E-state index contributed by atoms with van der Waals surface area (Å²) in [7, 11) is 1.84. The second-order valence-electron chi connectivity index (χ2n) is 3.85. The standard InChI is InChI=1S/C14H13ClFNS/c1-17-9-10-5-6-14(13(16)7-10)18-12-4-2-3-11(15)8-12/h2-8,17H,9H2,1H3. The maximum atomic E-state index is 13.9. The Morgan fingerprint density at radius 2 is 2.06 bits per heavy atom. The highest BCUT2D eigenvalue weighted by molar-refractivity contribution is 7.99. The van der Waals surface area contributed by atoms with Gasteiger partial charge in [0.05, 0.1) is 0 Å². The van der Waals surface area contributed by atoms with E-state index in [1.807, 2.05) is 31.3 Å². The quantitative estimate of drug-likeness (QED) is 0.894. The third-order valence-corrected chi connectivity index (χ3v) is 3.68. The molecule has 4 heteroatoms. The SMILES string of the molecule is CNCc1ccc(Sc2cccc(Cl)c2)c(F)c1. The molecule has 0 amide bonds. The molecule has 94 valence electrons. The molecule has 0 radical (unpaired) electrons. The highest BCUT2D eigenvalue weighted by Crippen LogP contribution is 2.31. The van der Waals surface area contributed by atoms with Crippen molar-refractivity contribution in [1.82, 2.24) is 5.32 Å². The average Bonchev–Trinajstić information content (AvgIpc) is 2.33. The van der Waals surface area contributed by atoms with Crippen molar-refractivity contribution in [3.8, 4) is 0 Å². The first-order chi connectivity index (χ1) is 8.69. The Morgan fingerprint density at radius 3 is 2.72 bits per heavy atom. The van der Waals surface area contributed by atoms with Gasteiger partial charge in [-0.1, -0.05) is 35.5 Å². The summed E-state index contributed by atoms with van der Waals surface area (Å²) in [5.41, 5.74) is 0.936. The molecule has 0 heterocycles. The number of hydrogen-bond acceptors (Lipinski definition) is 2. The molecule has 0 aliphatic rings. The molecule has 2 rings (SSSR count). The van der Waals surface area contributed by atoms with E-state index in [4.69, 9.17) is 11.6 Å². The Balaban J connectivity index is 2.19. The zero-order valence-electron chi connectivity index (χ0n) is 9.91. The van der Waals surface area contributed by atoms with Crippen LogP contribution in [0.2, 0.25) is 5.02 Å². The maximum Gasteiger partial charge on any atom is 0.137 e. The van der Waals surface area contributed by atoms with E-state index in [0.29, 0.717) is 16.5 Å². The van der Waals surface area contributed by atoms with Gasteiger partial charge in [-0.15, -0.1) is 0 Å². The normalized spacial score (nSPS) is 10.6. The second kappa shape index (κ2) is 6.23. The minimum atomic E-state index is -0.201. The van der Waals surface area contributed by atoms with E-state index in [1.165, 1.54) is 11.8 Å². The molecule has 0 aliphatic carbocycles. The van der Waals surface area contributed by atoms with Crippen LogP contribution in [-0.2, 0) is 6.54 Å². The van der Waals surface area contributed by atoms with Crippen molar-refractivity contribution in [2.45, 2.75) is 16.3 Å². The summed E-state index contributed by atoms with van der Waals surface area (Å²) < 4.78 is 13.9. The molecule has 1 nitrogen and oxygen atoms in total. The van der Waals surface area contributed by atoms with Gasteiger partial charge in [0.1, 0.15) is 5.82 Å². The van der Waals surface area contributed by atoms with E-state index in [0.717, 1.165) is 10.5 Å². The summed E-state index contributed by atoms with van der Waals surface area (Å²) in [4.78, 5) is 1.54. The first-order valence-corrected chi connectivity index (χ1v) is 6.75. The largest absolute Gasteiger partial charge is 0.316 e. The van der Waals surface area contributed by atoms with Gasteiger partial charge in [-0.3, -0.25) is 0 Å². The van der Waals surface area contributed by atoms with Crippen molar-refractivity contribution >= 4 is 23.4 Å². The molecule has 0 spiro atoms. The molecule has 0 bridgehead atoms. The highest BCUT2D eigenvalue weighted by Gasteiger charge is 2.05. The van der Waals surface area contributed by atoms with Gasteiger partial charge in [0.15, 0.2) is 0 Å². The summed E-state index contributed by atoms with van der Waals surface area (Å²) in [6, 6.07) is 12.7. The summed E-state index contributed by atoms with van der Waals surface area (Å²) in [6.45, 7) is 0.666. The minimum Gasteiger partial charge on any atom is -0.316 e. The van der Waals surface area contributed by atoms with E-state index in [1.54, 1.807) is 18.2 Å². The van der Waals surface area contributed by atoms with Crippen LogP contribution in [0.1, 0.15) is 5.56 Å². The average molecular weight is 282 g/mol. The number of hydrogen-bond donors (Lipinski definition) is 1. The highest BCUT2D eigenvalue weighted by atomic mass is 35.5. The number of rotatable bonds is 4. The van der Waals surface area contributed by atoms with Gasteiger partial charge in [-0.25, -0.2) is 4.39 Å². The third kappa shape index (κ3) is 3.48. The second-order valence-corrected chi connectivity index (χ2v) is 5.41. The van der Waals surface area contributed by atoms with Gasteiger partial charge in [0, 0.05) is 21.4 Å². The fourth-order valence-electron chi connectivity index (χ4n) is 1.60.